The summed E-state index contributed by atoms with van der Waals surface area (Å²) in [6.45, 7) is 4.52. The van der Waals surface area contributed by atoms with Crippen molar-refractivity contribution in [1.29, 1.82) is 0 Å². The Bertz CT molecular complexity index is 411. The summed E-state index contributed by atoms with van der Waals surface area (Å²) in [6, 6.07) is 0. The first-order valence-electron chi connectivity index (χ1n) is 6.28. The predicted octanol–water partition coefficient (Wildman–Crippen LogP) is 1.07. The van der Waals surface area contributed by atoms with E-state index in [1.807, 2.05) is 6.92 Å². The molecule has 2 rings (SSSR count). The van der Waals surface area contributed by atoms with Gasteiger partial charge in [0.1, 0.15) is 0 Å². The van der Waals surface area contributed by atoms with Crippen LogP contribution in [0.3, 0.4) is 0 Å². The highest BCUT2D eigenvalue weighted by Crippen LogP contribution is 2.16. The zero-order valence-electron chi connectivity index (χ0n) is 10.6. The van der Waals surface area contributed by atoms with Gasteiger partial charge < -0.3 is 15.2 Å². The highest BCUT2D eigenvalue weighted by Gasteiger charge is 2.20. The van der Waals surface area contributed by atoms with Crippen LogP contribution in [-0.2, 0) is 16.0 Å². The molecule has 1 aliphatic heterocycles. The normalized spacial score (nSPS) is 16.7. The van der Waals surface area contributed by atoms with Crippen molar-refractivity contribution in [2.45, 2.75) is 26.3 Å². The highest BCUT2D eigenvalue weighted by atomic mass is 16.5. The van der Waals surface area contributed by atoms with E-state index in [1.165, 1.54) is 0 Å². The van der Waals surface area contributed by atoms with Crippen LogP contribution in [0.1, 0.15) is 30.3 Å². The second-order valence-corrected chi connectivity index (χ2v) is 4.44. The lowest BCUT2D eigenvalue weighted by molar-refractivity contribution is 0.0181. The number of nitrogens with two attached hydrogens (primary N) is 1. The Kier molecular flexibility index (Phi) is 4.19. The van der Waals surface area contributed by atoms with Crippen LogP contribution >= 0.6 is 0 Å². The number of esters is 1. The molecule has 0 unspecified atom stereocenters. The molecule has 6 nitrogen and oxygen atoms in total. The van der Waals surface area contributed by atoms with Crippen LogP contribution in [0.15, 0.2) is 6.20 Å². The molecule has 1 aromatic heterocycles. The lowest BCUT2D eigenvalue weighted by atomic mass is 10.0. The van der Waals surface area contributed by atoms with E-state index in [-0.39, 0.29) is 5.69 Å². The largest absolute Gasteiger partial charge is 0.461 e. The zero-order valence-corrected chi connectivity index (χ0v) is 10.6. The number of hydrogen-bond acceptors (Lipinski definition) is 5. The molecule has 1 aliphatic rings. The molecular formula is C12H19N3O3. The average Bonchev–Trinajstić information content (AvgIpc) is 2.78. The molecule has 1 fully saturated rings. The molecule has 0 radical (unpaired) electrons. The molecular weight excluding hydrogens is 234 g/mol. The van der Waals surface area contributed by atoms with Gasteiger partial charge in [-0.05, 0) is 25.7 Å². The van der Waals surface area contributed by atoms with Crippen LogP contribution < -0.4 is 5.73 Å². The van der Waals surface area contributed by atoms with E-state index in [0.717, 1.165) is 26.1 Å². The summed E-state index contributed by atoms with van der Waals surface area (Å²) in [5.41, 5.74) is 6.30. The first kappa shape index (κ1) is 12.9. The maximum absolute atomic E-state index is 11.8. The Morgan fingerprint density at radius 2 is 2.33 bits per heavy atom. The molecule has 0 aliphatic carbocycles. The summed E-state index contributed by atoms with van der Waals surface area (Å²) in [7, 11) is 0. The first-order chi connectivity index (χ1) is 8.70. The molecule has 0 spiro atoms. The predicted molar refractivity (Wildman–Crippen MR) is 66.1 cm³/mol. The minimum absolute atomic E-state index is 0.212. The smallest absolute Gasteiger partial charge is 0.361 e. The number of carbonyl (C=O) groups is 1. The maximum atomic E-state index is 11.8. The van der Waals surface area contributed by atoms with Gasteiger partial charge in [0.25, 0.3) is 0 Å². The fraction of sp³-hybridized carbons (Fsp3) is 0.667. The van der Waals surface area contributed by atoms with Crippen molar-refractivity contribution in [3.63, 3.8) is 0 Å². The van der Waals surface area contributed by atoms with Crippen LogP contribution in [0.5, 0.6) is 0 Å². The second-order valence-electron chi connectivity index (χ2n) is 4.44. The molecule has 0 bridgehead atoms. The number of aromatic nitrogens is 2. The average molecular weight is 253 g/mol. The molecule has 6 heteroatoms. The lowest BCUT2D eigenvalue weighted by Gasteiger charge is -2.21. The van der Waals surface area contributed by atoms with E-state index in [0.29, 0.717) is 24.8 Å². The van der Waals surface area contributed by atoms with Crippen LogP contribution in [0, 0.1) is 5.92 Å². The molecule has 100 valence electrons. The number of hydrogen-bond donors (Lipinski definition) is 1. The highest BCUT2D eigenvalue weighted by molar-refractivity contribution is 5.92. The minimum atomic E-state index is -0.439. The summed E-state index contributed by atoms with van der Waals surface area (Å²) < 4.78 is 12.1. The summed E-state index contributed by atoms with van der Waals surface area (Å²) in [5.74, 6) is -0.0524. The summed E-state index contributed by atoms with van der Waals surface area (Å²) in [4.78, 5) is 11.8. The molecule has 0 saturated carbocycles. The van der Waals surface area contributed by atoms with E-state index in [2.05, 4.69) is 5.10 Å². The quantitative estimate of drug-likeness (QED) is 0.812. The first-order valence-corrected chi connectivity index (χ1v) is 6.28. The van der Waals surface area contributed by atoms with Crippen molar-refractivity contribution in [1.82, 2.24) is 9.78 Å². The molecule has 2 heterocycles. The molecule has 0 aromatic carbocycles. The minimum Gasteiger partial charge on any atom is -0.461 e. The standard InChI is InChI=1S/C12H19N3O3/c1-2-15-7-10(13)11(14-15)12(16)18-8-9-3-5-17-6-4-9/h7,9H,2-6,8,13H2,1H3. The summed E-state index contributed by atoms with van der Waals surface area (Å²) >= 11 is 0. The van der Waals surface area contributed by atoms with E-state index in [4.69, 9.17) is 15.2 Å². The van der Waals surface area contributed by atoms with Crippen molar-refractivity contribution < 1.29 is 14.3 Å². The van der Waals surface area contributed by atoms with Gasteiger partial charge in [-0.15, -0.1) is 0 Å². The topological polar surface area (TPSA) is 79.4 Å². The monoisotopic (exact) mass is 253 g/mol. The number of carbonyl (C=O) groups excluding carboxylic acids is 1. The van der Waals surface area contributed by atoms with Crippen molar-refractivity contribution in [3.8, 4) is 0 Å². The number of nitrogens with zero attached hydrogens (tertiary/aromatic N) is 2. The van der Waals surface area contributed by atoms with Gasteiger partial charge >= 0.3 is 5.97 Å². The number of anilines is 1. The van der Waals surface area contributed by atoms with Crippen LogP contribution in [0.25, 0.3) is 0 Å². The van der Waals surface area contributed by atoms with E-state index >= 15 is 0 Å². The Morgan fingerprint density at radius 1 is 1.61 bits per heavy atom. The number of ether oxygens (including phenoxy) is 2. The number of nitrogen functional groups attached to an aromatic ring is 1. The molecule has 18 heavy (non-hydrogen) atoms. The molecule has 2 N–H and O–H groups in total. The maximum Gasteiger partial charge on any atom is 0.361 e. The number of aryl methyl sites for hydroxylation is 1. The van der Waals surface area contributed by atoms with E-state index in [9.17, 15) is 4.79 Å². The molecule has 0 amide bonds. The summed E-state index contributed by atoms with van der Waals surface area (Å²) in [6.07, 6.45) is 3.52. The van der Waals surface area contributed by atoms with Gasteiger partial charge in [0.2, 0.25) is 0 Å². The Balaban J connectivity index is 1.88. The second kappa shape index (κ2) is 5.86. The van der Waals surface area contributed by atoms with Crippen molar-refractivity contribution in [3.05, 3.63) is 11.9 Å². The van der Waals surface area contributed by atoms with E-state index in [1.54, 1.807) is 10.9 Å². The Morgan fingerprint density at radius 3 is 2.94 bits per heavy atom. The van der Waals surface area contributed by atoms with Gasteiger partial charge in [-0.2, -0.15) is 5.10 Å². The van der Waals surface area contributed by atoms with Crippen molar-refractivity contribution in [2.24, 2.45) is 5.92 Å². The third-order valence-electron chi connectivity index (χ3n) is 3.10. The van der Waals surface area contributed by atoms with Gasteiger partial charge in [-0.3, -0.25) is 4.68 Å². The lowest BCUT2D eigenvalue weighted by Crippen LogP contribution is -2.22. The van der Waals surface area contributed by atoms with Gasteiger partial charge in [0, 0.05) is 26.0 Å². The van der Waals surface area contributed by atoms with Gasteiger partial charge in [-0.1, -0.05) is 0 Å². The SMILES string of the molecule is CCn1cc(N)c(C(=O)OCC2CCOCC2)n1. The van der Waals surface area contributed by atoms with Gasteiger partial charge in [-0.25, -0.2) is 4.79 Å². The fourth-order valence-electron chi connectivity index (χ4n) is 1.93. The van der Waals surface area contributed by atoms with Crippen LogP contribution in [0.4, 0.5) is 5.69 Å². The summed E-state index contributed by atoms with van der Waals surface area (Å²) in [5, 5.41) is 4.08. The van der Waals surface area contributed by atoms with Crippen molar-refractivity contribution in [2.75, 3.05) is 25.6 Å². The molecule has 1 aromatic rings. The molecule has 0 atom stereocenters. The number of rotatable bonds is 4. The van der Waals surface area contributed by atoms with Crippen LogP contribution in [-0.4, -0.2) is 35.6 Å². The Labute approximate surface area is 106 Å². The fourth-order valence-corrected chi connectivity index (χ4v) is 1.93. The third kappa shape index (κ3) is 3.01. The van der Waals surface area contributed by atoms with Crippen LogP contribution in [0.2, 0.25) is 0 Å². The third-order valence-corrected chi connectivity index (χ3v) is 3.10. The molecule has 1 saturated heterocycles. The van der Waals surface area contributed by atoms with Gasteiger partial charge in [0.05, 0.1) is 12.3 Å². The Hall–Kier alpha value is -1.56. The van der Waals surface area contributed by atoms with E-state index < -0.39 is 5.97 Å². The van der Waals surface area contributed by atoms with Crippen molar-refractivity contribution >= 4 is 11.7 Å². The zero-order chi connectivity index (χ0) is 13.0. The van der Waals surface area contributed by atoms with Gasteiger partial charge in [0.15, 0.2) is 5.69 Å².